The lowest BCUT2D eigenvalue weighted by Crippen LogP contribution is -2.27. The van der Waals surface area contributed by atoms with E-state index in [1.54, 1.807) is 11.8 Å². The van der Waals surface area contributed by atoms with Crippen LogP contribution in [-0.4, -0.2) is 37.1 Å². The minimum Gasteiger partial charge on any atom is -0.358 e. The molecule has 120 valence electrons. The molecule has 0 N–H and O–H groups in total. The summed E-state index contributed by atoms with van der Waals surface area (Å²) in [7, 11) is -3.80. The zero-order chi connectivity index (χ0) is 16.7. The fourth-order valence-corrected chi connectivity index (χ4v) is 3.00. The quantitative estimate of drug-likeness (QED) is 0.576. The van der Waals surface area contributed by atoms with E-state index in [1.165, 1.54) is 0 Å². The van der Waals surface area contributed by atoms with Crippen molar-refractivity contribution in [2.75, 3.05) is 17.7 Å². The van der Waals surface area contributed by atoms with Crippen LogP contribution in [0.25, 0.3) is 0 Å². The maximum atomic E-state index is 11.6. The summed E-state index contributed by atoms with van der Waals surface area (Å²) in [6.45, 7) is 2.11. The first-order valence-corrected chi connectivity index (χ1v) is 8.49. The number of benzene rings is 1. The van der Waals surface area contributed by atoms with Gasteiger partial charge in [-0.1, -0.05) is 0 Å². The van der Waals surface area contributed by atoms with Gasteiger partial charge in [-0.2, -0.15) is 0 Å². The molecule has 0 atom stereocenters. The Hall–Kier alpha value is -2.23. The molecular formula is C12H15N3O6S. The molecule has 22 heavy (non-hydrogen) atoms. The van der Waals surface area contributed by atoms with E-state index >= 15 is 0 Å². The minimum atomic E-state index is -3.80. The highest BCUT2D eigenvalue weighted by atomic mass is 32.2. The minimum absolute atomic E-state index is 0.0199. The van der Waals surface area contributed by atoms with Gasteiger partial charge in [0, 0.05) is 31.0 Å². The van der Waals surface area contributed by atoms with Gasteiger partial charge in [0.25, 0.3) is 0 Å². The molecular weight excluding hydrogens is 314 g/mol. The van der Waals surface area contributed by atoms with Crippen LogP contribution in [0.4, 0.5) is 17.1 Å². The van der Waals surface area contributed by atoms with Crippen LogP contribution in [0, 0.1) is 20.2 Å². The number of nitrogens with zero attached hydrogens (tertiary/aromatic N) is 3. The van der Waals surface area contributed by atoms with Crippen LogP contribution < -0.4 is 4.90 Å². The normalized spacial score (nSPS) is 14.6. The second-order valence-electron chi connectivity index (χ2n) is 5.11. The topological polar surface area (TPSA) is 124 Å². The SMILES string of the molecule is CCN(c1c([N+](=O)[O-])cc(S(C)(=O)=O)cc1[N+](=O)[O-])C1CC1. The van der Waals surface area contributed by atoms with E-state index in [0.717, 1.165) is 31.2 Å². The second kappa shape index (κ2) is 5.52. The maximum absolute atomic E-state index is 11.6. The third-order valence-electron chi connectivity index (χ3n) is 3.48. The molecule has 1 aromatic carbocycles. The van der Waals surface area contributed by atoms with E-state index in [1.807, 2.05) is 0 Å². The molecule has 1 aliphatic carbocycles. The van der Waals surface area contributed by atoms with E-state index in [9.17, 15) is 28.6 Å². The fourth-order valence-electron chi connectivity index (χ4n) is 2.35. The Morgan fingerprint density at radius 3 is 1.91 bits per heavy atom. The van der Waals surface area contributed by atoms with Crippen LogP contribution >= 0.6 is 0 Å². The van der Waals surface area contributed by atoms with Gasteiger partial charge in [0.05, 0.1) is 14.7 Å². The Balaban J connectivity index is 2.79. The van der Waals surface area contributed by atoms with Crippen molar-refractivity contribution >= 4 is 26.9 Å². The summed E-state index contributed by atoms with van der Waals surface area (Å²) in [6, 6.07) is 1.80. The van der Waals surface area contributed by atoms with Crippen molar-refractivity contribution in [1.29, 1.82) is 0 Å². The molecule has 0 amide bonds. The molecule has 1 aliphatic rings. The number of hydrogen-bond acceptors (Lipinski definition) is 7. The van der Waals surface area contributed by atoms with Crippen LogP contribution in [-0.2, 0) is 9.84 Å². The van der Waals surface area contributed by atoms with E-state index in [4.69, 9.17) is 0 Å². The standard InChI is InChI=1S/C12H15N3O6S/c1-3-13(8-4-5-8)12-10(14(16)17)6-9(22(2,20)21)7-11(12)15(18)19/h6-8H,3-5H2,1-2H3. The lowest BCUT2D eigenvalue weighted by Gasteiger charge is -2.22. The van der Waals surface area contributed by atoms with Crippen molar-refractivity contribution in [1.82, 2.24) is 0 Å². The average molecular weight is 329 g/mol. The fraction of sp³-hybridized carbons (Fsp3) is 0.500. The first-order chi connectivity index (χ1) is 10.2. The van der Waals surface area contributed by atoms with E-state index in [-0.39, 0.29) is 11.7 Å². The highest BCUT2D eigenvalue weighted by molar-refractivity contribution is 7.90. The summed E-state index contributed by atoms with van der Waals surface area (Å²) in [6.07, 6.45) is 2.46. The molecule has 0 saturated heterocycles. The number of nitro groups is 2. The van der Waals surface area contributed by atoms with Crippen LogP contribution in [0.15, 0.2) is 17.0 Å². The lowest BCUT2D eigenvalue weighted by atomic mass is 10.2. The van der Waals surface area contributed by atoms with Gasteiger partial charge in [0.15, 0.2) is 15.5 Å². The Morgan fingerprint density at radius 1 is 1.18 bits per heavy atom. The number of rotatable bonds is 6. The Kier molecular flexibility index (Phi) is 4.05. The Bertz CT molecular complexity index is 706. The number of anilines is 1. The third-order valence-corrected chi connectivity index (χ3v) is 4.57. The molecule has 1 saturated carbocycles. The summed E-state index contributed by atoms with van der Waals surface area (Å²) in [4.78, 5) is 22.2. The first-order valence-electron chi connectivity index (χ1n) is 6.60. The van der Waals surface area contributed by atoms with Gasteiger partial charge < -0.3 is 4.90 Å². The van der Waals surface area contributed by atoms with Crippen molar-refractivity contribution in [3.8, 4) is 0 Å². The monoisotopic (exact) mass is 329 g/mol. The molecule has 2 rings (SSSR count). The number of nitro benzene ring substituents is 2. The first kappa shape index (κ1) is 16.1. The lowest BCUT2D eigenvalue weighted by molar-refractivity contribution is -0.393. The van der Waals surface area contributed by atoms with Crippen LogP contribution in [0.1, 0.15) is 19.8 Å². The summed E-state index contributed by atoms with van der Waals surface area (Å²) in [5.74, 6) is 0. The molecule has 0 aliphatic heterocycles. The zero-order valence-electron chi connectivity index (χ0n) is 12.1. The average Bonchev–Trinajstić information content (AvgIpc) is 3.22. The van der Waals surface area contributed by atoms with Crippen molar-refractivity contribution in [3.63, 3.8) is 0 Å². The molecule has 9 nitrogen and oxygen atoms in total. The van der Waals surface area contributed by atoms with Gasteiger partial charge in [0.2, 0.25) is 0 Å². The molecule has 10 heteroatoms. The zero-order valence-corrected chi connectivity index (χ0v) is 12.9. The van der Waals surface area contributed by atoms with Gasteiger partial charge in [-0.25, -0.2) is 8.42 Å². The van der Waals surface area contributed by atoms with Crippen LogP contribution in [0.2, 0.25) is 0 Å². The van der Waals surface area contributed by atoms with Gasteiger partial charge in [-0.15, -0.1) is 0 Å². The predicted octanol–water partition coefficient (Wildman–Crippen LogP) is 1.90. The van der Waals surface area contributed by atoms with E-state index in [2.05, 4.69) is 0 Å². The van der Waals surface area contributed by atoms with Crippen LogP contribution in [0.3, 0.4) is 0 Å². The highest BCUT2D eigenvalue weighted by Gasteiger charge is 2.38. The summed E-state index contributed by atoms with van der Waals surface area (Å²) in [5, 5.41) is 22.6. The Morgan fingerprint density at radius 2 is 1.64 bits per heavy atom. The molecule has 1 aromatic rings. The highest BCUT2D eigenvalue weighted by Crippen LogP contribution is 2.44. The van der Waals surface area contributed by atoms with Crippen LogP contribution in [0.5, 0.6) is 0 Å². The smallest absolute Gasteiger partial charge is 0.300 e. The molecule has 0 bridgehead atoms. The maximum Gasteiger partial charge on any atom is 0.300 e. The van der Waals surface area contributed by atoms with Gasteiger partial charge in [-0.05, 0) is 19.8 Å². The molecule has 0 spiro atoms. The predicted molar refractivity (Wildman–Crippen MR) is 78.9 cm³/mol. The number of hydrogen-bond donors (Lipinski definition) is 0. The van der Waals surface area contributed by atoms with Gasteiger partial charge >= 0.3 is 11.4 Å². The van der Waals surface area contributed by atoms with Gasteiger partial charge in [-0.3, -0.25) is 20.2 Å². The second-order valence-corrected chi connectivity index (χ2v) is 7.13. The molecule has 1 fully saturated rings. The van der Waals surface area contributed by atoms with Crippen molar-refractivity contribution in [2.45, 2.75) is 30.7 Å². The molecule has 0 heterocycles. The van der Waals surface area contributed by atoms with Crippen molar-refractivity contribution in [2.24, 2.45) is 0 Å². The van der Waals surface area contributed by atoms with E-state index in [0.29, 0.717) is 6.54 Å². The molecule has 0 unspecified atom stereocenters. The Labute approximate surface area is 126 Å². The third kappa shape index (κ3) is 3.01. The molecule has 0 aromatic heterocycles. The van der Waals surface area contributed by atoms with Crippen molar-refractivity contribution < 1.29 is 18.3 Å². The van der Waals surface area contributed by atoms with Crippen molar-refractivity contribution in [3.05, 3.63) is 32.4 Å². The molecule has 0 radical (unpaired) electrons. The van der Waals surface area contributed by atoms with E-state index < -0.39 is 36.0 Å². The number of sulfone groups is 1. The van der Waals surface area contributed by atoms with Gasteiger partial charge in [0.1, 0.15) is 0 Å². The summed E-state index contributed by atoms with van der Waals surface area (Å²) < 4.78 is 23.2. The summed E-state index contributed by atoms with van der Waals surface area (Å²) >= 11 is 0. The largest absolute Gasteiger partial charge is 0.358 e. The summed E-state index contributed by atoms with van der Waals surface area (Å²) in [5.41, 5.74) is -1.22.